The maximum atomic E-state index is 12.9. The lowest BCUT2D eigenvalue weighted by atomic mass is 9.86. The number of hydrogen-bond donors (Lipinski definition) is 2. The highest BCUT2D eigenvalue weighted by Crippen LogP contribution is 2.24. The summed E-state index contributed by atoms with van der Waals surface area (Å²) in [4.78, 5) is 24.8. The average molecular weight is 354 g/mol. The monoisotopic (exact) mass is 354 g/mol. The van der Waals surface area contributed by atoms with E-state index >= 15 is 0 Å². The topological polar surface area (TPSA) is 67.4 Å². The molecule has 2 rings (SSSR count). The number of rotatable bonds is 6. The first-order valence-corrected chi connectivity index (χ1v) is 8.61. The van der Waals surface area contributed by atoms with Gasteiger partial charge < -0.3 is 15.4 Å². The van der Waals surface area contributed by atoms with Crippen LogP contribution < -0.4 is 10.6 Å². The number of carbonyl (C=O) groups excluding carboxylic acids is 2. The number of benzene rings is 2. The molecule has 0 heterocycles. The minimum absolute atomic E-state index is 0.0291. The molecule has 138 valence electrons. The minimum atomic E-state index is -0.370. The van der Waals surface area contributed by atoms with Crippen molar-refractivity contribution in [3.8, 4) is 0 Å². The van der Waals surface area contributed by atoms with Crippen molar-refractivity contribution in [3.63, 3.8) is 0 Å². The molecular weight excluding hydrogens is 328 g/mol. The van der Waals surface area contributed by atoms with Crippen LogP contribution in [0.1, 0.15) is 42.3 Å². The van der Waals surface area contributed by atoms with Gasteiger partial charge in [0.05, 0.1) is 12.3 Å². The van der Waals surface area contributed by atoms with E-state index in [1.165, 1.54) is 0 Å². The van der Waals surface area contributed by atoms with Gasteiger partial charge in [-0.05, 0) is 23.1 Å². The summed E-state index contributed by atoms with van der Waals surface area (Å²) in [6.07, 6.45) is 0. The zero-order chi connectivity index (χ0) is 19.2. The molecule has 2 amide bonds. The van der Waals surface area contributed by atoms with Gasteiger partial charge in [-0.1, -0.05) is 57.2 Å². The summed E-state index contributed by atoms with van der Waals surface area (Å²) in [5.41, 5.74) is 2.72. The van der Waals surface area contributed by atoms with Gasteiger partial charge in [-0.25, -0.2) is 4.79 Å². The van der Waals surface area contributed by atoms with Crippen molar-refractivity contribution in [1.82, 2.24) is 5.32 Å². The molecule has 5 nitrogen and oxygen atoms in total. The van der Waals surface area contributed by atoms with E-state index in [4.69, 9.17) is 4.74 Å². The summed E-state index contributed by atoms with van der Waals surface area (Å²) in [6.45, 7) is 7.21. The van der Waals surface area contributed by atoms with E-state index in [9.17, 15) is 9.59 Å². The number of nitrogens with one attached hydrogen (secondary N) is 2. The zero-order valence-corrected chi connectivity index (χ0v) is 15.8. The van der Waals surface area contributed by atoms with Crippen LogP contribution in [-0.2, 0) is 10.2 Å². The Labute approximate surface area is 154 Å². The van der Waals surface area contributed by atoms with Gasteiger partial charge in [-0.2, -0.15) is 0 Å². The van der Waals surface area contributed by atoms with E-state index in [0.717, 1.165) is 5.56 Å². The van der Waals surface area contributed by atoms with E-state index in [-0.39, 0.29) is 17.2 Å². The molecule has 0 aromatic heterocycles. The number of amides is 2. The lowest BCUT2D eigenvalue weighted by molar-refractivity contribution is 0.103. The lowest BCUT2D eigenvalue weighted by Gasteiger charge is -2.19. The fraction of sp³-hybridized carbons (Fsp3) is 0.333. The highest BCUT2D eigenvalue weighted by Gasteiger charge is 2.17. The summed E-state index contributed by atoms with van der Waals surface area (Å²) in [5, 5.41) is 5.41. The standard InChI is InChI=1S/C21H26N2O3/c1-21(2,3)16-11-9-15(10-12-16)19(24)17-7-5-6-8-18(17)23-20(25)22-13-14-26-4/h5-12H,13-14H2,1-4H3,(H2,22,23,25). The normalized spacial score (nSPS) is 11.1. The largest absolute Gasteiger partial charge is 0.383 e. The van der Waals surface area contributed by atoms with Crippen LogP contribution in [0.15, 0.2) is 48.5 Å². The van der Waals surface area contributed by atoms with Gasteiger partial charge in [0.2, 0.25) is 0 Å². The summed E-state index contributed by atoms with van der Waals surface area (Å²) in [5.74, 6) is -0.127. The van der Waals surface area contributed by atoms with Gasteiger partial charge in [0.25, 0.3) is 0 Å². The highest BCUT2D eigenvalue weighted by atomic mass is 16.5. The van der Waals surface area contributed by atoms with Crippen LogP contribution in [0.2, 0.25) is 0 Å². The molecule has 0 aliphatic rings. The molecule has 0 saturated carbocycles. The van der Waals surface area contributed by atoms with Gasteiger partial charge in [0, 0.05) is 24.8 Å². The Balaban J connectivity index is 2.18. The number of urea groups is 1. The number of ether oxygens (including phenoxy) is 1. The Bertz CT molecular complexity index is 762. The van der Waals surface area contributed by atoms with Crippen LogP contribution in [0.25, 0.3) is 0 Å². The third-order valence-corrected chi connectivity index (χ3v) is 4.02. The van der Waals surface area contributed by atoms with Gasteiger partial charge in [-0.15, -0.1) is 0 Å². The summed E-state index contributed by atoms with van der Waals surface area (Å²) in [7, 11) is 1.57. The summed E-state index contributed by atoms with van der Waals surface area (Å²) < 4.78 is 4.90. The molecule has 0 aliphatic heterocycles. The predicted molar refractivity (Wildman–Crippen MR) is 104 cm³/mol. The number of hydrogen-bond acceptors (Lipinski definition) is 3. The number of anilines is 1. The molecule has 0 aliphatic carbocycles. The first-order chi connectivity index (χ1) is 12.3. The molecule has 2 aromatic carbocycles. The Kier molecular flexibility index (Phi) is 6.52. The van der Waals surface area contributed by atoms with Gasteiger partial charge in [0.1, 0.15) is 0 Å². The molecule has 0 bridgehead atoms. The lowest BCUT2D eigenvalue weighted by Crippen LogP contribution is -2.31. The molecule has 0 radical (unpaired) electrons. The average Bonchev–Trinajstić information content (AvgIpc) is 2.61. The van der Waals surface area contributed by atoms with Crippen LogP contribution >= 0.6 is 0 Å². The third kappa shape index (κ3) is 5.17. The van der Waals surface area contributed by atoms with E-state index < -0.39 is 0 Å². The molecule has 2 aromatic rings. The van der Waals surface area contributed by atoms with Crippen molar-refractivity contribution in [2.75, 3.05) is 25.6 Å². The molecular formula is C21H26N2O3. The molecule has 0 saturated heterocycles. The Morgan fingerprint density at radius 3 is 2.27 bits per heavy atom. The fourth-order valence-electron chi connectivity index (χ4n) is 2.50. The Morgan fingerprint density at radius 1 is 1.00 bits per heavy atom. The number of para-hydroxylation sites is 1. The Hall–Kier alpha value is -2.66. The van der Waals surface area contributed by atoms with E-state index in [0.29, 0.717) is 30.0 Å². The van der Waals surface area contributed by atoms with Gasteiger partial charge in [0.15, 0.2) is 5.78 Å². The van der Waals surface area contributed by atoms with E-state index in [1.807, 2.05) is 24.3 Å². The smallest absolute Gasteiger partial charge is 0.319 e. The van der Waals surface area contributed by atoms with E-state index in [2.05, 4.69) is 31.4 Å². The molecule has 0 unspecified atom stereocenters. The highest BCUT2D eigenvalue weighted by molar-refractivity contribution is 6.13. The second kappa shape index (κ2) is 8.63. The van der Waals surface area contributed by atoms with Crippen molar-refractivity contribution < 1.29 is 14.3 Å². The molecule has 26 heavy (non-hydrogen) atoms. The van der Waals surface area contributed by atoms with Crippen molar-refractivity contribution in [1.29, 1.82) is 0 Å². The first kappa shape index (κ1) is 19.7. The number of carbonyl (C=O) groups is 2. The van der Waals surface area contributed by atoms with Crippen molar-refractivity contribution >= 4 is 17.5 Å². The maximum absolute atomic E-state index is 12.9. The zero-order valence-electron chi connectivity index (χ0n) is 15.8. The van der Waals surface area contributed by atoms with Gasteiger partial charge in [-0.3, -0.25) is 4.79 Å². The van der Waals surface area contributed by atoms with E-state index in [1.54, 1.807) is 31.4 Å². The maximum Gasteiger partial charge on any atom is 0.319 e. The number of ketones is 1. The molecule has 2 N–H and O–H groups in total. The molecule has 0 fully saturated rings. The van der Waals surface area contributed by atoms with Crippen LogP contribution in [0.5, 0.6) is 0 Å². The molecule has 0 spiro atoms. The second-order valence-electron chi connectivity index (χ2n) is 7.08. The molecule has 5 heteroatoms. The summed E-state index contributed by atoms with van der Waals surface area (Å²) in [6, 6.07) is 14.2. The first-order valence-electron chi connectivity index (χ1n) is 8.61. The van der Waals surface area contributed by atoms with Crippen LogP contribution in [0.3, 0.4) is 0 Å². The summed E-state index contributed by atoms with van der Waals surface area (Å²) >= 11 is 0. The molecule has 0 atom stereocenters. The second-order valence-corrected chi connectivity index (χ2v) is 7.08. The fourth-order valence-corrected chi connectivity index (χ4v) is 2.50. The van der Waals surface area contributed by atoms with Crippen LogP contribution in [-0.4, -0.2) is 32.1 Å². The van der Waals surface area contributed by atoms with Crippen LogP contribution in [0.4, 0.5) is 10.5 Å². The predicted octanol–water partition coefficient (Wildman–Crippen LogP) is 3.98. The van der Waals surface area contributed by atoms with Crippen molar-refractivity contribution in [3.05, 3.63) is 65.2 Å². The van der Waals surface area contributed by atoms with Gasteiger partial charge >= 0.3 is 6.03 Å². The van der Waals surface area contributed by atoms with Crippen molar-refractivity contribution in [2.24, 2.45) is 0 Å². The minimum Gasteiger partial charge on any atom is -0.383 e. The third-order valence-electron chi connectivity index (χ3n) is 4.02. The van der Waals surface area contributed by atoms with Crippen LogP contribution in [0, 0.1) is 0 Å². The Morgan fingerprint density at radius 2 is 1.65 bits per heavy atom. The SMILES string of the molecule is COCCNC(=O)Nc1ccccc1C(=O)c1ccc(C(C)(C)C)cc1. The van der Waals surface area contributed by atoms with Crippen molar-refractivity contribution in [2.45, 2.75) is 26.2 Å². The number of methoxy groups -OCH3 is 1. The quantitative estimate of drug-likeness (QED) is 0.609.